The smallest absolute Gasteiger partial charge is 0.0450 e. The summed E-state index contributed by atoms with van der Waals surface area (Å²) in [6, 6.07) is 7.30. The fourth-order valence-corrected chi connectivity index (χ4v) is 2.30. The van der Waals surface area contributed by atoms with Gasteiger partial charge in [0.05, 0.1) is 0 Å². The lowest BCUT2D eigenvalue weighted by molar-refractivity contribution is 0.674. The highest BCUT2D eigenvalue weighted by atomic mass is 15.2. The van der Waals surface area contributed by atoms with E-state index in [9.17, 15) is 0 Å². The van der Waals surface area contributed by atoms with Crippen molar-refractivity contribution in [2.24, 2.45) is 5.73 Å². The van der Waals surface area contributed by atoms with Crippen LogP contribution in [0.15, 0.2) is 18.2 Å². The predicted molar refractivity (Wildman–Crippen MR) is 65.5 cm³/mol. The first-order chi connectivity index (χ1) is 7.13. The van der Waals surface area contributed by atoms with Crippen LogP contribution in [0.25, 0.3) is 0 Å². The molecule has 0 amide bonds. The van der Waals surface area contributed by atoms with Gasteiger partial charge in [0.1, 0.15) is 0 Å². The minimum absolute atomic E-state index is 0.488. The van der Waals surface area contributed by atoms with Crippen LogP contribution in [-0.2, 0) is 6.42 Å². The minimum atomic E-state index is 0.488. The number of fused-ring (bicyclic) bond motifs is 1. The number of anilines is 1. The lowest BCUT2D eigenvalue weighted by atomic mass is 9.99. The number of benzene rings is 1. The van der Waals surface area contributed by atoms with Crippen LogP contribution in [0.1, 0.15) is 30.9 Å². The van der Waals surface area contributed by atoms with Crippen LogP contribution in [0, 0.1) is 0 Å². The molecule has 1 aliphatic heterocycles. The number of nitrogens with two attached hydrogens (primary N) is 1. The van der Waals surface area contributed by atoms with E-state index in [1.165, 1.54) is 16.8 Å². The van der Waals surface area contributed by atoms with Crippen LogP contribution in [0.3, 0.4) is 0 Å². The summed E-state index contributed by atoms with van der Waals surface area (Å²) < 4.78 is 0. The Labute approximate surface area is 92.1 Å². The zero-order valence-electron chi connectivity index (χ0n) is 9.83. The maximum absolute atomic E-state index is 5.76. The van der Waals surface area contributed by atoms with Crippen molar-refractivity contribution in [2.75, 3.05) is 18.5 Å². The Morgan fingerprint density at radius 1 is 1.47 bits per heavy atom. The quantitative estimate of drug-likeness (QED) is 0.799. The molecule has 0 fully saturated rings. The van der Waals surface area contributed by atoms with Crippen LogP contribution >= 0.6 is 0 Å². The molecule has 0 aromatic heterocycles. The van der Waals surface area contributed by atoms with Crippen LogP contribution in [0.4, 0.5) is 5.69 Å². The zero-order valence-corrected chi connectivity index (χ0v) is 9.83. The van der Waals surface area contributed by atoms with Gasteiger partial charge in [0, 0.05) is 25.3 Å². The summed E-state index contributed by atoms with van der Waals surface area (Å²) in [5, 5.41) is 0. The predicted octanol–water partition coefficient (Wildman–Crippen LogP) is 2.13. The van der Waals surface area contributed by atoms with Crippen molar-refractivity contribution in [2.45, 2.75) is 32.2 Å². The van der Waals surface area contributed by atoms with E-state index in [0.717, 1.165) is 13.0 Å². The van der Waals surface area contributed by atoms with Crippen molar-refractivity contribution >= 4 is 5.69 Å². The largest absolute Gasteiger partial charge is 0.370 e. The summed E-state index contributed by atoms with van der Waals surface area (Å²) in [7, 11) is 2.14. The van der Waals surface area contributed by atoms with E-state index in [4.69, 9.17) is 5.73 Å². The van der Waals surface area contributed by atoms with Crippen LogP contribution in [0.2, 0.25) is 0 Å². The second-order valence-corrected chi connectivity index (χ2v) is 4.75. The van der Waals surface area contributed by atoms with E-state index in [1.807, 2.05) is 0 Å². The molecule has 2 rings (SSSR count). The van der Waals surface area contributed by atoms with E-state index >= 15 is 0 Å². The molecule has 0 aliphatic carbocycles. The Morgan fingerprint density at radius 2 is 2.20 bits per heavy atom. The number of likely N-dealkylation sites (N-methyl/N-ethyl adjacent to an activating group) is 1. The summed E-state index contributed by atoms with van der Waals surface area (Å²) in [4.78, 5) is 2.31. The minimum Gasteiger partial charge on any atom is -0.370 e. The van der Waals surface area contributed by atoms with Gasteiger partial charge < -0.3 is 10.6 Å². The highest BCUT2D eigenvalue weighted by Crippen LogP contribution is 2.32. The Morgan fingerprint density at radius 3 is 2.80 bits per heavy atom. The number of nitrogens with zero attached hydrogens (tertiary/aromatic N) is 1. The highest BCUT2D eigenvalue weighted by molar-refractivity contribution is 5.60. The first-order valence-corrected chi connectivity index (χ1v) is 5.69. The van der Waals surface area contributed by atoms with Gasteiger partial charge in [0.15, 0.2) is 0 Å². The van der Waals surface area contributed by atoms with Gasteiger partial charge in [0.25, 0.3) is 0 Å². The molecule has 2 nitrogen and oxygen atoms in total. The maximum atomic E-state index is 5.76. The fourth-order valence-electron chi connectivity index (χ4n) is 2.30. The van der Waals surface area contributed by atoms with E-state index in [2.05, 4.69) is 44.0 Å². The number of hydrogen-bond acceptors (Lipinski definition) is 2. The van der Waals surface area contributed by atoms with Crippen LogP contribution < -0.4 is 10.6 Å². The summed E-state index contributed by atoms with van der Waals surface area (Å²) in [6.07, 6.45) is 1.10. The fraction of sp³-hybridized carbons (Fsp3) is 0.538. The molecule has 0 radical (unpaired) electrons. The second kappa shape index (κ2) is 3.86. The molecule has 1 unspecified atom stereocenters. The molecule has 0 saturated carbocycles. The molecule has 1 heterocycles. The normalized spacial score (nSPS) is 19.8. The number of hydrogen-bond donors (Lipinski definition) is 1. The molecule has 2 N–H and O–H groups in total. The van der Waals surface area contributed by atoms with E-state index in [-0.39, 0.29) is 0 Å². The molecule has 0 saturated heterocycles. The third kappa shape index (κ3) is 1.74. The topological polar surface area (TPSA) is 29.3 Å². The van der Waals surface area contributed by atoms with Crippen LogP contribution in [0.5, 0.6) is 0 Å². The lowest BCUT2D eigenvalue weighted by Crippen LogP contribution is -2.34. The van der Waals surface area contributed by atoms with Crippen molar-refractivity contribution in [1.29, 1.82) is 0 Å². The summed E-state index contributed by atoms with van der Waals surface area (Å²) in [6.45, 7) is 5.21. The van der Waals surface area contributed by atoms with E-state index in [0.29, 0.717) is 12.0 Å². The SMILES string of the molecule is CC(C)c1ccc2c(c1)CC(CN)N2C. The Balaban J connectivity index is 2.34. The Hall–Kier alpha value is -1.02. The van der Waals surface area contributed by atoms with Gasteiger partial charge in [-0.2, -0.15) is 0 Å². The molecule has 1 aromatic rings. The molecule has 1 aliphatic rings. The summed E-state index contributed by atoms with van der Waals surface area (Å²) in [5.41, 5.74) is 10.0. The molecule has 1 aromatic carbocycles. The maximum Gasteiger partial charge on any atom is 0.0450 e. The van der Waals surface area contributed by atoms with Gasteiger partial charge in [-0.15, -0.1) is 0 Å². The van der Waals surface area contributed by atoms with Crippen molar-refractivity contribution in [3.63, 3.8) is 0 Å². The molecular weight excluding hydrogens is 184 g/mol. The Bertz CT molecular complexity index is 358. The second-order valence-electron chi connectivity index (χ2n) is 4.75. The number of rotatable bonds is 2. The van der Waals surface area contributed by atoms with Crippen molar-refractivity contribution in [1.82, 2.24) is 0 Å². The van der Waals surface area contributed by atoms with Gasteiger partial charge in [-0.05, 0) is 29.5 Å². The molecule has 15 heavy (non-hydrogen) atoms. The van der Waals surface area contributed by atoms with E-state index in [1.54, 1.807) is 0 Å². The summed E-state index contributed by atoms with van der Waals surface area (Å²) in [5.74, 6) is 0.609. The molecular formula is C13H20N2. The van der Waals surface area contributed by atoms with Gasteiger partial charge in [0.2, 0.25) is 0 Å². The summed E-state index contributed by atoms with van der Waals surface area (Å²) >= 11 is 0. The molecule has 0 bridgehead atoms. The molecule has 2 heteroatoms. The average Bonchev–Trinajstić information content (AvgIpc) is 2.55. The third-order valence-electron chi connectivity index (χ3n) is 3.43. The first kappa shape index (κ1) is 10.5. The van der Waals surface area contributed by atoms with Crippen LogP contribution in [-0.4, -0.2) is 19.6 Å². The van der Waals surface area contributed by atoms with E-state index < -0.39 is 0 Å². The van der Waals surface area contributed by atoms with Gasteiger partial charge in [-0.1, -0.05) is 26.0 Å². The molecule has 1 atom stereocenters. The Kier molecular flexibility index (Phi) is 2.70. The third-order valence-corrected chi connectivity index (χ3v) is 3.43. The van der Waals surface area contributed by atoms with Crippen molar-refractivity contribution < 1.29 is 0 Å². The van der Waals surface area contributed by atoms with Crippen molar-refractivity contribution in [3.05, 3.63) is 29.3 Å². The monoisotopic (exact) mass is 204 g/mol. The molecule has 82 valence electrons. The first-order valence-electron chi connectivity index (χ1n) is 5.69. The highest BCUT2D eigenvalue weighted by Gasteiger charge is 2.25. The average molecular weight is 204 g/mol. The van der Waals surface area contributed by atoms with Gasteiger partial charge in [-0.3, -0.25) is 0 Å². The lowest BCUT2D eigenvalue weighted by Gasteiger charge is -2.20. The molecule has 0 spiro atoms. The zero-order chi connectivity index (χ0) is 11.0. The van der Waals surface area contributed by atoms with Crippen molar-refractivity contribution in [3.8, 4) is 0 Å². The van der Waals surface area contributed by atoms with Gasteiger partial charge >= 0.3 is 0 Å². The standard InChI is InChI=1S/C13H20N2/c1-9(2)10-4-5-13-11(6-10)7-12(8-14)15(13)3/h4-6,9,12H,7-8,14H2,1-3H3. The van der Waals surface area contributed by atoms with Gasteiger partial charge in [-0.25, -0.2) is 0 Å².